The maximum absolute atomic E-state index is 13.5. The van der Waals surface area contributed by atoms with Gasteiger partial charge in [0.25, 0.3) is 5.91 Å². The van der Waals surface area contributed by atoms with Crippen molar-refractivity contribution in [1.82, 2.24) is 5.32 Å². The van der Waals surface area contributed by atoms with Gasteiger partial charge >= 0.3 is 5.97 Å². The lowest BCUT2D eigenvalue weighted by atomic mass is 10.2. The Kier molecular flexibility index (Phi) is 5.45. The highest BCUT2D eigenvalue weighted by atomic mass is 35.5. The van der Waals surface area contributed by atoms with Gasteiger partial charge in [0.2, 0.25) is 0 Å². The number of nitrogens with zero attached hydrogens (tertiary/aromatic N) is 2. The highest BCUT2D eigenvalue weighted by Crippen LogP contribution is 2.24. The Morgan fingerprint density at radius 3 is 2.87 bits per heavy atom. The second kappa shape index (κ2) is 7.34. The number of methoxy groups -OCH3 is 1. The molecule has 0 spiro atoms. The molecule has 0 unspecified atom stereocenters. The van der Waals surface area contributed by atoms with Gasteiger partial charge in [-0.05, 0) is 23.9 Å². The van der Waals surface area contributed by atoms with E-state index in [1.807, 2.05) is 0 Å². The summed E-state index contributed by atoms with van der Waals surface area (Å²) >= 11 is 6.58. The lowest BCUT2D eigenvalue weighted by Crippen LogP contribution is -2.19. The Bertz CT molecular complexity index is 765. The average Bonchev–Trinajstić information content (AvgIpc) is 2.86. The Morgan fingerprint density at radius 1 is 1.43 bits per heavy atom. The highest BCUT2D eigenvalue weighted by molar-refractivity contribution is 8.18. The molecule has 1 amide bonds. The number of amides is 1. The van der Waals surface area contributed by atoms with Crippen molar-refractivity contribution in [2.75, 3.05) is 7.11 Å². The molecule has 1 saturated heterocycles. The molecule has 23 heavy (non-hydrogen) atoms. The molecule has 1 aromatic carbocycles. The van der Waals surface area contributed by atoms with Gasteiger partial charge in [-0.15, -0.1) is 5.10 Å². The molecule has 1 aromatic rings. The van der Waals surface area contributed by atoms with Gasteiger partial charge in [0.15, 0.2) is 16.8 Å². The van der Waals surface area contributed by atoms with Crippen molar-refractivity contribution in [2.24, 2.45) is 10.2 Å². The minimum Gasteiger partial charge on any atom is -0.466 e. The lowest BCUT2D eigenvalue weighted by molar-refractivity contribution is -0.135. The van der Waals surface area contributed by atoms with Crippen LogP contribution in [-0.4, -0.2) is 30.4 Å². The van der Waals surface area contributed by atoms with Crippen LogP contribution in [0.5, 0.6) is 0 Å². The minimum absolute atomic E-state index is 0.0396. The molecule has 1 fully saturated rings. The Labute approximate surface area is 138 Å². The van der Waals surface area contributed by atoms with Crippen LogP contribution in [0.2, 0.25) is 5.02 Å². The van der Waals surface area contributed by atoms with Crippen LogP contribution in [0.15, 0.2) is 33.3 Å². The summed E-state index contributed by atoms with van der Waals surface area (Å²) in [7, 11) is 1.17. The van der Waals surface area contributed by atoms with Gasteiger partial charge in [0.05, 0.1) is 28.8 Å². The molecule has 0 saturated carbocycles. The zero-order chi connectivity index (χ0) is 17.0. The topological polar surface area (TPSA) is 80.1 Å². The molecule has 10 heteroatoms. The van der Waals surface area contributed by atoms with Gasteiger partial charge in [-0.1, -0.05) is 11.6 Å². The zero-order valence-corrected chi connectivity index (χ0v) is 13.0. The van der Waals surface area contributed by atoms with Gasteiger partial charge in [0.1, 0.15) is 0 Å². The van der Waals surface area contributed by atoms with Crippen LogP contribution < -0.4 is 5.32 Å². The quantitative estimate of drug-likeness (QED) is 0.295. The van der Waals surface area contributed by atoms with E-state index in [1.54, 1.807) is 0 Å². The molecule has 0 bridgehead atoms. The van der Waals surface area contributed by atoms with E-state index in [2.05, 4.69) is 20.3 Å². The molecule has 0 radical (unpaired) electrons. The number of benzene rings is 1. The monoisotopic (exact) mass is 359 g/mol. The van der Waals surface area contributed by atoms with Gasteiger partial charge in [-0.2, -0.15) is 5.10 Å². The number of esters is 1. The van der Waals surface area contributed by atoms with Crippen molar-refractivity contribution in [2.45, 2.75) is 0 Å². The maximum atomic E-state index is 13.5. The van der Waals surface area contributed by atoms with Crippen molar-refractivity contribution >= 4 is 46.6 Å². The fourth-order valence-corrected chi connectivity index (χ4v) is 2.37. The molecule has 0 atom stereocenters. The predicted octanol–water partition coefficient (Wildman–Crippen LogP) is 2.23. The number of hydrogen-bond donors (Lipinski definition) is 1. The van der Waals surface area contributed by atoms with E-state index in [0.717, 1.165) is 30.1 Å². The molecular formula is C13H8ClF2N3O3S. The summed E-state index contributed by atoms with van der Waals surface area (Å²) in [4.78, 5) is 22.7. The summed E-state index contributed by atoms with van der Waals surface area (Å²) in [6.45, 7) is 0. The van der Waals surface area contributed by atoms with Crippen LogP contribution in [0.3, 0.4) is 0 Å². The van der Waals surface area contributed by atoms with Gasteiger partial charge in [0, 0.05) is 6.08 Å². The van der Waals surface area contributed by atoms with Crippen LogP contribution in [-0.2, 0) is 14.3 Å². The van der Waals surface area contributed by atoms with Crippen LogP contribution in [0.4, 0.5) is 8.78 Å². The standard InChI is InChI=1S/C13H8ClF2N3O3S/c1-22-10(20)4-9-12(21)18-13(23-9)19-17-5-6-7(14)2-3-8(15)11(6)16/h2-5H,1H3,(H,18,19,21)/b9-4+,17-5?. The number of thioether (sulfide) groups is 1. The number of rotatable bonds is 3. The summed E-state index contributed by atoms with van der Waals surface area (Å²) in [5.74, 6) is -3.48. The molecule has 1 N–H and O–H groups in total. The zero-order valence-electron chi connectivity index (χ0n) is 11.5. The first-order valence-electron chi connectivity index (χ1n) is 5.95. The molecular weight excluding hydrogens is 352 g/mol. The third-order valence-corrected chi connectivity index (χ3v) is 3.75. The fourth-order valence-electron chi connectivity index (χ4n) is 1.44. The molecule has 1 aliphatic heterocycles. The Balaban J connectivity index is 2.16. The van der Waals surface area contributed by atoms with E-state index in [0.29, 0.717) is 0 Å². The third kappa shape index (κ3) is 4.14. The first kappa shape index (κ1) is 17.1. The van der Waals surface area contributed by atoms with E-state index in [4.69, 9.17) is 11.6 Å². The third-order valence-electron chi connectivity index (χ3n) is 2.52. The molecule has 6 nitrogen and oxygen atoms in total. The average molecular weight is 360 g/mol. The number of carbonyl (C=O) groups excluding carboxylic acids is 2. The molecule has 0 aliphatic carbocycles. The SMILES string of the molecule is COC(=O)/C=C1/S/C(=N\N=Cc2c(Cl)ccc(F)c2F)NC1=O. The fraction of sp³-hybridized carbons (Fsp3) is 0.0769. The van der Waals surface area contributed by atoms with E-state index in [-0.39, 0.29) is 20.7 Å². The lowest BCUT2D eigenvalue weighted by Gasteiger charge is -1.99. The summed E-state index contributed by atoms with van der Waals surface area (Å²) in [6.07, 6.45) is 1.91. The largest absolute Gasteiger partial charge is 0.466 e. The first-order valence-corrected chi connectivity index (χ1v) is 7.15. The van der Waals surface area contributed by atoms with Crippen molar-refractivity contribution < 1.29 is 23.1 Å². The maximum Gasteiger partial charge on any atom is 0.331 e. The number of nitrogens with one attached hydrogen (secondary N) is 1. The van der Waals surface area contributed by atoms with Crippen LogP contribution >= 0.6 is 23.4 Å². The second-order valence-corrected chi connectivity index (χ2v) is 5.43. The van der Waals surface area contributed by atoms with E-state index in [1.165, 1.54) is 13.2 Å². The Morgan fingerprint density at radius 2 is 2.17 bits per heavy atom. The Hall–Kier alpha value is -2.26. The minimum atomic E-state index is -1.16. The van der Waals surface area contributed by atoms with E-state index >= 15 is 0 Å². The summed E-state index contributed by atoms with van der Waals surface area (Å²) in [6, 6.07) is 2.07. The van der Waals surface area contributed by atoms with E-state index in [9.17, 15) is 18.4 Å². The number of ether oxygens (including phenoxy) is 1. The molecule has 120 valence electrons. The number of amidine groups is 1. The van der Waals surface area contributed by atoms with Crippen molar-refractivity contribution in [3.63, 3.8) is 0 Å². The van der Waals surface area contributed by atoms with Crippen LogP contribution in [0, 0.1) is 11.6 Å². The summed E-state index contributed by atoms with van der Waals surface area (Å²) in [5, 5.41) is 9.56. The summed E-state index contributed by atoms with van der Waals surface area (Å²) < 4.78 is 31.0. The molecule has 0 aromatic heterocycles. The number of carbonyl (C=O) groups is 2. The molecule has 1 heterocycles. The predicted molar refractivity (Wildman–Crippen MR) is 82.2 cm³/mol. The smallest absolute Gasteiger partial charge is 0.331 e. The van der Waals surface area contributed by atoms with E-state index < -0.39 is 23.5 Å². The summed E-state index contributed by atoms with van der Waals surface area (Å²) in [5.41, 5.74) is -0.268. The van der Waals surface area contributed by atoms with Crippen LogP contribution in [0.1, 0.15) is 5.56 Å². The van der Waals surface area contributed by atoms with Crippen molar-refractivity contribution in [1.29, 1.82) is 0 Å². The van der Waals surface area contributed by atoms with Gasteiger partial charge in [-0.3, -0.25) is 10.1 Å². The first-order chi connectivity index (χ1) is 10.9. The highest BCUT2D eigenvalue weighted by Gasteiger charge is 2.25. The van der Waals surface area contributed by atoms with Crippen molar-refractivity contribution in [3.05, 3.63) is 45.3 Å². The van der Waals surface area contributed by atoms with Gasteiger partial charge < -0.3 is 4.74 Å². The molecule has 2 rings (SSSR count). The normalized spacial score (nSPS) is 18.0. The van der Waals surface area contributed by atoms with Gasteiger partial charge in [-0.25, -0.2) is 13.6 Å². The number of hydrogen-bond acceptors (Lipinski definition) is 6. The van der Waals surface area contributed by atoms with Crippen molar-refractivity contribution in [3.8, 4) is 0 Å². The molecule has 1 aliphatic rings. The second-order valence-electron chi connectivity index (χ2n) is 3.99. The number of halogens is 3. The van der Waals surface area contributed by atoms with Crippen LogP contribution in [0.25, 0.3) is 0 Å².